The summed E-state index contributed by atoms with van der Waals surface area (Å²) in [5, 5.41) is 17.7. The molecular formula is C14H7Cl2FN4O2. The van der Waals surface area contributed by atoms with Crippen LogP contribution in [0.25, 0.3) is 5.65 Å². The SMILES string of the molecule is O=C(O)c1nc2ccc(F)cn2c1N=Nc1cc(Cl)ccc1Cl. The number of halogens is 3. The monoisotopic (exact) mass is 352 g/mol. The van der Waals surface area contributed by atoms with Crippen molar-refractivity contribution < 1.29 is 14.3 Å². The molecule has 0 saturated heterocycles. The zero-order valence-electron chi connectivity index (χ0n) is 11.2. The highest BCUT2D eigenvalue weighted by molar-refractivity contribution is 6.35. The van der Waals surface area contributed by atoms with Crippen molar-refractivity contribution in [1.82, 2.24) is 9.38 Å². The Balaban J connectivity index is 2.16. The third-order valence-electron chi connectivity index (χ3n) is 2.92. The van der Waals surface area contributed by atoms with Gasteiger partial charge in [0.05, 0.1) is 5.02 Å². The molecule has 0 spiro atoms. The molecule has 6 nitrogen and oxygen atoms in total. The molecule has 0 aliphatic rings. The number of benzene rings is 1. The van der Waals surface area contributed by atoms with Crippen molar-refractivity contribution in [3.05, 3.63) is 58.1 Å². The second-order valence-electron chi connectivity index (χ2n) is 4.46. The van der Waals surface area contributed by atoms with Crippen LogP contribution in [0.5, 0.6) is 0 Å². The molecule has 1 aromatic carbocycles. The number of aromatic carboxylic acids is 1. The molecule has 2 heterocycles. The maximum absolute atomic E-state index is 13.4. The predicted molar refractivity (Wildman–Crippen MR) is 82.7 cm³/mol. The minimum Gasteiger partial charge on any atom is -0.476 e. The lowest BCUT2D eigenvalue weighted by Gasteiger charge is -1.99. The molecule has 0 unspecified atom stereocenters. The summed E-state index contributed by atoms with van der Waals surface area (Å²) in [5.41, 5.74) is 0.134. The van der Waals surface area contributed by atoms with E-state index in [4.69, 9.17) is 23.2 Å². The fourth-order valence-electron chi connectivity index (χ4n) is 1.91. The quantitative estimate of drug-likeness (QED) is 0.681. The zero-order valence-corrected chi connectivity index (χ0v) is 12.8. The Morgan fingerprint density at radius 1 is 1.22 bits per heavy atom. The van der Waals surface area contributed by atoms with Crippen LogP contribution in [0.2, 0.25) is 10.0 Å². The van der Waals surface area contributed by atoms with Gasteiger partial charge in [-0.05, 0) is 30.3 Å². The second kappa shape index (κ2) is 5.94. The smallest absolute Gasteiger partial charge is 0.358 e. The Bertz CT molecular complexity index is 955. The molecular weight excluding hydrogens is 346 g/mol. The highest BCUT2D eigenvalue weighted by Gasteiger charge is 2.18. The number of hydrogen-bond acceptors (Lipinski definition) is 4. The average Bonchev–Trinajstić information content (AvgIpc) is 2.86. The number of aromatic nitrogens is 2. The fourth-order valence-corrected chi connectivity index (χ4v) is 2.23. The van der Waals surface area contributed by atoms with E-state index in [1.165, 1.54) is 28.7 Å². The number of imidazole rings is 1. The van der Waals surface area contributed by atoms with E-state index in [9.17, 15) is 14.3 Å². The molecule has 0 saturated carbocycles. The second-order valence-corrected chi connectivity index (χ2v) is 5.30. The van der Waals surface area contributed by atoms with Crippen molar-refractivity contribution >= 4 is 46.3 Å². The van der Waals surface area contributed by atoms with Gasteiger partial charge in [-0.25, -0.2) is 14.2 Å². The fraction of sp³-hybridized carbons (Fsp3) is 0. The summed E-state index contributed by atoms with van der Waals surface area (Å²) >= 11 is 11.8. The number of azo groups is 1. The van der Waals surface area contributed by atoms with Crippen LogP contribution in [0.15, 0.2) is 46.8 Å². The summed E-state index contributed by atoms with van der Waals surface area (Å²) in [6.45, 7) is 0. The van der Waals surface area contributed by atoms with Gasteiger partial charge in [-0.3, -0.25) is 4.40 Å². The predicted octanol–water partition coefficient (Wildman–Crippen LogP) is 4.89. The third-order valence-corrected chi connectivity index (χ3v) is 3.48. The van der Waals surface area contributed by atoms with Crippen LogP contribution in [-0.4, -0.2) is 20.5 Å². The highest BCUT2D eigenvalue weighted by atomic mass is 35.5. The van der Waals surface area contributed by atoms with E-state index in [0.29, 0.717) is 5.02 Å². The number of carboxylic acid groups (broad SMARTS) is 1. The Hall–Kier alpha value is -2.51. The van der Waals surface area contributed by atoms with Gasteiger partial charge in [-0.1, -0.05) is 23.2 Å². The summed E-state index contributed by atoms with van der Waals surface area (Å²) in [6.07, 6.45) is 1.07. The van der Waals surface area contributed by atoms with Gasteiger partial charge in [0.2, 0.25) is 0 Å². The van der Waals surface area contributed by atoms with Crippen molar-refractivity contribution in [2.45, 2.75) is 0 Å². The first-order valence-corrected chi connectivity index (χ1v) is 6.99. The third kappa shape index (κ3) is 3.01. The van der Waals surface area contributed by atoms with Crippen molar-refractivity contribution in [3.8, 4) is 0 Å². The van der Waals surface area contributed by atoms with E-state index in [1.807, 2.05) is 0 Å². The van der Waals surface area contributed by atoms with Crippen LogP contribution in [0.4, 0.5) is 15.9 Å². The van der Waals surface area contributed by atoms with Crippen molar-refractivity contribution in [2.75, 3.05) is 0 Å². The normalized spacial score (nSPS) is 11.4. The van der Waals surface area contributed by atoms with Gasteiger partial charge in [-0.15, -0.1) is 10.2 Å². The molecule has 0 bridgehead atoms. The van der Waals surface area contributed by atoms with E-state index in [1.54, 1.807) is 6.07 Å². The Labute approximate surface area is 138 Å². The molecule has 3 aromatic rings. The van der Waals surface area contributed by atoms with Crippen LogP contribution in [0.1, 0.15) is 10.5 Å². The van der Waals surface area contributed by atoms with Gasteiger partial charge in [-0.2, -0.15) is 0 Å². The maximum atomic E-state index is 13.4. The number of hydrogen-bond donors (Lipinski definition) is 1. The number of fused-ring (bicyclic) bond motifs is 1. The molecule has 0 amide bonds. The molecule has 1 N–H and O–H groups in total. The largest absolute Gasteiger partial charge is 0.476 e. The minimum atomic E-state index is -1.31. The van der Waals surface area contributed by atoms with E-state index < -0.39 is 11.8 Å². The average molecular weight is 353 g/mol. The number of nitrogens with zero attached hydrogens (tertiary/aromatic N) is 4. The molecule has 0 fully saturated rings. The van der Waals surface area contributed by atoms with Crippen molar-refractivity contribution in [1.29, 1.82) is 0 Å². The first kappa shape index (κ1) is 15.4. The van der Waals surface area contributed by atoms with Gasteiger partial charge >= 0.3 is 5.97 Å². The summed E-state index contributed by atoms with van der Waals surface area (Å²) in [5.74, 6) is -1.99. The highest BCUT2D eigenvalue weighted by Crippen LogP contribution is 2.31. The van der Waals surface area contributed by atoms with Crippen LogP contribution in [0.3, 0.4) is 0 Å². The standard InChI is InChI=1S/C14H7Cl2FN4O2/c15-7-1-3-9(16)10(5-7)19-20-13-12(14(22)23)18-11-4-2-8(17)6-21(11)13/h1-6H,(H,22,23). The first-order valence-electron chi connectivity index (χ1n) is 6.23. The number of pyridine rings is 1. The molecule has 116 valence electrons. The van der Waals surface area contributed by atoms with Gasteiger partial charge in [0.15, 0.2) is 11.5 Å². The lowest BCUT2D eigenvalue weighted by atomic mass is 10.3. The number of rotatable bonds is 3. The molecule has 3 rings (SSSR count). The van der Waals surface area contributed by atoms with Gasteiger partial charge < -0.3 is 5.11 Å². The van der Waals surface area contributed by atoms with Crippen LogP contribution < -0.4 is 0 Å². The molecule has 9 heteroatoms. The van der Waals surface area contributed by atoms with Gasteiger partial charge in [0.1, 0.15) is 17.2 Å². The number of carbonyl (C=O) groups is 1. The number of carboxylic acids is 1. The van der Waals surface area contributed by atoms with Crippen LogP contribution in [-0.2, 0) is 0 Å². The van der Waals surface area contributed by atoms with Gasteiger partial charge in [0.25, 0.3) is 0 Å². The van der Waals surface area contributed by atoms with Gasteiger partial charge in [0, 0.05) is 11.2 Å². The first-order chi connectivity index (χ1) is 11.0. The molecule has 0 radical (unpaired) electrons. The van der Waals surface area contributed by atoms with E-state index >= 15 is 0 Å². The van der Waals surface area contributed by atoms with Crippen LogP contribution in [0, 0.1) is 5.82 Å². The van der Waals surface area contributed by atoms with E-state index in [-0.39, 0.29) is 27.9 Å². The van der Waals surface area contributed by atoms with Crippen molar-refractivity contribution in [3.63, 3.8) is 0 Å². The Kier molecular flexibility index (Phi) is 3.97. The zero-order chi connectivity index (χ0) is 16.6. The minimum absolute atomic E-state index is 0.122. The lowest BCUT2D eigenvalue weighted by Crippen LogP contribution is -1.96. The summed E-state index contributed by atoms with van der Waals surface area (Å²) in [4.78, 5) is 15.2. The maximum Gasteiger partial charge on any atom is 0.358 e. The Morgan fingerprint density at radius 3 is 2.74 bits per heavy atom. The van der Waals surface area contributed by atoms with Crippen molar-refractivity contribution in [2.24, 2.45) is 10.2 Å². The Morgan fingerprint density at radius 2 is 2.00 bits per heavy atom. The molecule has 0 atom stereocenters. The molecule has 0 aliphatic carbocycles. The lowest BCUT2D eigenvalue weighted by molar-refractivity contribution is 0.0692. The van der Waals surface area contributed by atoms with E-state index in [2.05, 4.69) is 15.2 Å². The van der Waals surface area contributed by atoms with E-state index in [0.717, 1.165) is 6.20 Å². The summed E-state index contributed by atoms with van der Waals surface area (Å²) in [6, 6.07) is 7.09. The summed E-state index contributed by atoms with van der Waals surface area (Å²) < 4.78 is 14.6. The van der Waals surface area contributed by atoms with Crippen LogP contribution >= 0.6 is 23.2 Å². The topological polar surface area (TPSA) is 79.3 Å². The molecule has 2 aromatic heterocycles. The summed E-state index contributed by atoms with van der Waals surface area (Å²) in [7, 11) is 0. The molecule has 0 aliphatic heterocycles. The molecule has 23 heavy (non-hydrogen) atoms.